The van der Waals surface area contributed by atoms with Gasteiger partial charge in [-0.25, -0.2) is 17.4 Å². The summed E-state index contributed by atoms with van der Waals surface area (Å²) < 4.78 is 87.6. The van der Waals surface area contributed by atoms with E-state index in [2.05, 4.69) is 9.97 Å². The molecule has 0 saturated heterocycles. The molecular formula is C35H42F3N3O4S2. The van der Waals surface area contributed by atoms with Gasteiger partial charge in [0, 0.05) is 11.8 Å². The molecule has 0 N–H and O–H groups in total. The third-order valence-electron chi connectivity index (χ3n) is 8.76. The molecule has 2 aliphatic carbocycles. The third-order valence-corrected chi connectivity index (χ3v) is 11.8. The number of rotatable bonds is 7. The molecular weight excluding hydrogens is 648 g/mol. The van der Waals surface area contributed by atoms with Crippen LogP contribution in [0.1, 0.15) is 94.7 Å². The topological polar surface area (TPSA) is 91.2 Å². The number of nitrogens with zero attached hydrogens (tertiary/aromatic N) is 3. The largest absolute Gasteiger partial charge is 0.484 e. The number of pyridine rings is 1. The number of benzene rings is 1. The van der Waals surface area contributed by atoms with Gasteiger partial charge in [0.1, 0.15) is 5.75 Å². The van der Waals surface area contributed by atoms with Crippen LogP contribution in [0, 0.1) is 6.92 Å². The summed E-state index contributed by atoms with van der Waals surface area (Å²) >= 11 is 0. The number of halogens is 3. The van der Waals surface area contributed by atoms with Gasteiger partial charge in [0.15, 0.2) is 6.61 Å². The Labute approximate surface area is 277 Å². The molecule has 0 saturated carbocycles. The average Bonchev–Trinajstić information content (AvgIpc) is 3.44. The van der Waals surface area contributed by atoms with Gasteiger partial charge in [-0.2, -0.15) is 13.2 Å². The fourth-order valence-electron chi connectivity index (χ4n) is 6.20. The summed E-state index contributed by atoms with van der Waals surface area (Å²) in [5.41, 5.74) is 3.80. The highest BCUT2D eigenvalue weighted by Crippen LogP contribution is 2.32. The molecule has 7 nitrogen and oxygen atoms in total. The zero-order chi connectivity index (χ0) is 33.4. The highest BCUT2D eigenvalue weighted by atomic mass is 32.2. The fourth-order valence-corrected chi connectivity index (χ4v) is 9.34. The van der Waals surface area contributed by atoms with Gasteiger partial charge in [-0.15, -0.1) is 0 Å². The molecule has 2 aromatic heterocycles. The number of alkyl halides is 3. The number of fused-ring (bicyclic) bond motifs is 1. The first-order chi connectivity index (χ1) is 22.5. The first-order valence-corrected chi connectivity index (χ1v) is 19.1. The van der Waals surface area contributed by atoms with Crippen LogP contribution >= 0.6 is 0 Å². The van der Waals surface area contributed by atoms with Crippen molar-refractivity contribution in [2.24, 2.45) is 0 Å². The molecule has 0 aliphatic heterocycles. The van der Waals surface area contributed by atoms with Crippen LogP contribution in [-0.4, -0.2) is 39.4 Å². The minimum atomic E-state index is -4.53. The van der Waals surface area contributed by atoms with Gasteiger partial charge in [-0.05, 0) is 88.1 Å². The number of hydrogen-bond acceptors (Lipinski definition) is 6. The lowest BCUT2D eigenvalue weighted by atomic mass is 9.88. The number of ether oxygens (including phenoxy) is 1. The van der Waals surface area contributed by atoms with E-state index < -0.39 is 33.6 Å². The Morgan fingerprint density at radius 2 is 1.60 bits per heavy atom. The van der Waals surface area contributed by atoms with E-state index in [-0.39, 0.29) is 27.3 Å². The van der Waals surface area contributed by atoms with Gasteiger partial charge in [-0.3, -0.25) is 9.19 Å². The van der Waals surface area contributed by atoms with E-state index in [1.807, 2.05) is 6.08 Å². The van der Waals surface area contributed by atoms with Gasteiger partial charge in [0.05, 0.1) is 38.2 Å². The minimum absolute atomic E-state index is 0.0347. The van der Waals surface area contributed by atoms with Crippen LogP contribution in [0.2, 0.25) is 0 Å². The first-order valence-electron chi connectivity index (χ1n) is 16.4. The van der Waals surface area contributed by atoms with Crippen molar-refractivity contribution >= 4 is 31.9 Å². The molecule has 2 aliphatic rings. The number of allylic oxidation sites excluding steroid dienone is 5. The first kappa shape index (κ1) is 35.1. The molecule has 12 heteroatoms. The smallest absolute Gasteiger partial charge is 0.422 e. The summed E-state index contributed by atoms with van der Waals surface area (Å²) in [6.07, 6.45) is 15.8. The molecule has 5 rings (SSSR count). The normalized spacial score (nSPS) is 20.0. The number of imidazole rings is 1. The number of hydrogen-bond donors (Lipinski definition) is 0. The van der Waals surface area contributed by atoms with Crippen molar-refractivity contribution in [2.75, 3.05) is 6.61 Å². The fraction of sp³-hybridized carbons (Fsp3) is 0.486. The highest BCUT2D eigenvalue weighted by molar-refractivity contribution is 7.94. The van der Waals surface area contributed by atoms with Crippen LogP contribution in [0.5, 0.6) is 5.75 Å². The molecule has 1 unspecified atom stereocenters. The van der Waals surface area contributed by atoms with Gasteiger partial charge < -0.3 is 4.74 Å². The number of para-hydroxylation sites is 2. The zero-order valence-electron chi connectivity index (χ0n) is 26.7. The van der Waals surface area contributed by atoms with Crippen molar-refractivity contribution in [1.29, 1.82) is 0 Å². The maximum Gasteiger partial charge on any atom is 0.422 e. The Bertz CT molecular complexity index is 1790. The van der Waals surface area contributed by atoms with Crippen molar-refractivity contribution in [2.45, 2.75) is 107 Å². The molecule has 47 heavy (non-hydrogen) atoms. The Kier molecular flexibility index (Phi) is 11.8. The maximum absolute atomic E-state index is 14.6. The Hall–Kier alpha value is -3.25. The molecule has 254 valence electrons. The molecule has 2 heterocycles. The van der Waals surface area contributed by atoms with Crippen molar-refractivity contribution in [3.05, 3.63) is 82.1 Å². The van der Waals surface area contributed by atoms with Gasteiger partial charge in [0.2, 0.25) is 5.16 Å². The van der Waals surface area contributed by atoms with Crippen LogP contribution in [0.15, 0.2) is 76.0 Å². The second-order valence-electron chi connectivity index (χ2n) is 12.2. The third kappa shape index (κ3) is 9.01. The molecule has 0 amide bonds. The van der Waals surface area contributed by atoms with Crippen LogP contribution in [-0.2, 0) is 26.6 Å². The van der Waals surface area contributed by atoms with Gasteiger partial charge in [0.25, 0.3) is 10.0 Å². The van der Waals surface area contributed by atoms with Crippen LogP contribution in [0.25, 0.3) is 11.0 Å². The zero-order valence-corrected chi connectivity index (χ0v) is 28.4. The summed E-state index contributed by atoms with van der Waals surface area (Å²) in [5.74, 6) is -0.300. The lowest BCUT2D eigenvalue weighted by Gasteiger charge is -2.19. The molecule has 0 radical (unpaired) electrons. The summed E-state index contributed by atoms with van der Waals surface area (Å²) in [7, 11) is -6.29. The van der Waals surface area contributed by atoms with Crippen molar-refractivity contribution in [1.82, 2.24) is 13.9 Å². The van der Waals surface area contributed by atoms with Crippen LogP contribution < -0.4 is 4.74 Å². The standard InChI is InChI=1S/C35H42F3N3O4S2/c1-26-31(39-23-22-33(26)45-25-35(36,37)38)24-46(42)34-40-30-18-12-13-19-32(30)41(34)47(43,44)29-17-9-7-5-3-2-4-6-8-14-27-15-10-11-16-28(27)20-21-29/h12-13,17-23H,2-11,14-16,24-25H2,1H3/b21-20-,29-17+. The molecule has 0 spiro atoms. The average molecular weight is 690 g/mol. The van der Waals surface area contributed by atoms with E-state index in [1.165, 1.54) is 49.6 Å². The Morgan fingerprint density at radius 1 is 0.915 bits per heavy atom. The van der Waals surface area contributed by atoms with Gasteiger partial charge >= 0.3 is 6.18 Å². The summed E-state index contributed by atoms with van der Waals surface area (Å²) in [4.78, 5) is 8.87. The van der Waals surface area contributed by atoms with Crippen LogP contribution in [0.4, 0.5) is 13.2 Å². The molecule has 1 atom stereocenters. The second-order valence-corrected chi connectivity index (χ2v) is 15.3. The lowest BCUT2D eigenvalue weighted by molar-refractivity contribution is -0.153. The monoisotopic (exact) mass is 689 g/mol. The Morgan fingerprint density at radius 3 is 2.36 bits per heavy atom. The predicted molar refractivity (Wildman–Crippen MR) is 179 cm³/mol. The quantitative estimate of drug-likeness (QED) is 0.246. The van der Waals surface area contributed by atoms with E-state index >= 15 is 0 Å². The maximum atomic E-state index is 14.6. The molecule has 3 aromatic rings. The summed E-state index contributed by atoms with van der Waals surface area (Å²) in [5, 5.41) is -0.170. The highest BCUT2D eigenvalue weighted by Gasteiger charge is 2.30. The van der Waals surface area contributed by atoms with Crippen molar-refractivity contribution in [3.8, 4) is 5.75 Å². The number of aromatic nitrogens is 3. The molecule has 0 bridgehead atoms. The Balaban J connectivity index is 1.53. The summed E-state index contributed by atoms with van der Waals surface area (Å²) in [6, 6.07) is 8.04. The molecule has 0 fully saturated rings. The van der Waals surface area contributed by atoms with Crippen molar-refractivity contribution in [3.63, 3.8) is 0 Å². The van der Waals surface area contributed by atoms with E-state index in [9.17, 15) is 25.8 Å². The SMILES string of the molecule is Cc1c(OCC(F)(F)F)ccnc1CS(=O)c1nc2ccccc2n1S(=O)(=O)C1=C/CCCCCCCCCC2=C(/C=C\1)CCCC2. The second kappa shape index (κ2) is 15.8. The van der Waals surface area contributed by atoms with E-state index in [0.29, 0.717) is 23.0 Å². The summed E-state index contributed by atoms with van der Waals surface area (Å²) in [6.45, 7) is 0.0568. The molecule has 1 aromatic carbocycles. The van der Waals surface area contributed by atoms with E-state index in [0.717, 1.165) is 61.8 Å². The predicted octanol–water partition coefficient (Wildman–Crippen LogP) is 9.00. The van der Waals surface area contributed by atoms with Crippen LogP contribution in [0.3, 0.4) is 0 Å². The van der Waals surface area contributed by atoms with E-state index in [4.69, 9.17) is 4.74 Å². The minimum Gasteiger partial charge on any atom is -0.484 e. The van der Waals surface area contributed by atoms with Crippen molar-refractivity contribution < 1.29 is 30.5 Å². The van der Waals surface area contributed by atoms with E-state index in [1.54, 1.807) is 36.4 Å². The lowest BCUT2D eigenvalue weighted by Crippen LogP contribution is -2.20. The van der Waals surface area contributed by atoms with Gasteiger partial charge in [-0.1, -0.05) is 62.0 Å².